The average molecular weight is 752 g/mol. The topological polar surface area (TPSA) is 156 Å². The molecule has 55 heavy (non-hydrogen) atoms. The molecule has 3 aliphatic heterocycles. The lowest BCUT2D eigenvalue weighted by Crippen LogP contribution is -2.44. The van der Waals surface area contributed by atoms with Crippen molar-refractivity contribution in [3.63, 3.8) is 0 Å². The molecule has 4 aliphatic rings. The van der Waals surface area contributed by atoms with E-state index in [0.717, 1.165) is 16.7 Å². The lowest BCUT2D eigenvalue weighted by atomic mass is 9.65. The maximum Gasteiger partial charge on any atom is 0.310 e. The third-order valence-corrected chi connectivity index (χ3v) is 10.3. The van der Waals surface area contributed by atoms with Crippen molar-refractivity contribution in [2.45, 2.75) is 12.0 Å². The van der Waals surface area contributed by atoms with Crippen LogP contribution in [0.2, 0.25) is 0 Å². The van der Waals surface area contributed by atoms with Crippen molar-refractivity contribution in [1.29, 1.82) is 0 Å². The molecule has 0 radical (unpaired) electrons. The first kappa shape index (κ1) is 35.5. The minimum absolute atomic E-state index is 0.0380. The zero-order chi connectivity index (χ0) is 38.4. The summed E-state index contributed by atoms with van der Waals surface area (Å²) >= 11 is 0. The molecule has 284 valence electrons. The molecule has 1 aliphatic carbocycles. The molecule has 0 saturated carbocycles. The smallest absolute Gasteiger partial charge is 0.310 e. The van der Waals surface area contributed by atoms with Crippen LogP contribution in [0.15, 0.2) is 66.4 Å². The molecule has 4 aromatic carbocycles. The molecule has 1 saturated heterocycles. The van der Waals surface area contributed by atoms with Crippen LogP contribution < -0.4 is 47.9 Å². The zero-order valence-corrected chi connectivity index (χ0v) is 30.6. The number of carbonyl (C=O) groups is 3. The van der Waals surface area contributed by atoms with E-state index < -0.39 is 35.7 Å². The number of fused-ring (bicyclic) bond motifs is 4. The molecule has 1 N–H and O–H groups in total. The van der Waals surface area contributed by atoms with E-state index in [9.17, 15) is 14.4 Å². The van der Waals surface area contributed by atoms with Gasteiger partial charge in [0.25, 0.3) is 5.91 Å². The van der Waals surface area contributed by atoms with Crippen molar-refractivity contribution >= 4 is 23.7 Å². The van der Waals surface area contributed by atoms with Crippen molar-refractivity contribution in [1.82, 2.24) is 5.32 Å². The van der Waals surface area contributed by atoms with Crippen LogP contribution in [0.4, 0.5) is 0 Å². The fraction of sp³-hybridized carbons (Fsp3) is 0.293. The number of carbonyl (C=O) groups excluding carboxylic acids is 3. The standard InChI is InChI=1S/C41H37NO13/c1-46-27-8-6-7-22-38(44)31(55-39(22)27)12-20-9-10-26(28(11-20)47-2)51-18-34(43)42-37-24-16-30-29(53-19-54-30)15-23(24)35(36-25(37)17-52-41(36)45)21-13-32(48-3)40(50-5)33(14-21)49-4/h6-16,25,35-37H,17-19H2,1-5H3,(H,42,43)/b31-12-/t25-,35+,36-,37+/m0/s1. The van der Waals surface area contributed by atoms with Gasteiger partial charge in [-0.3, -0.25) is 14.4 Å². The number of para-hydroxylation sites is 1. The van der Waals surface area contributed by atoms with Gasteiger partial charge >= 0.3 is 5.97 Å². The molecule has 3 heterocycles. The summed E-state index contributed by atoms with van der Waals surface area (Å²) in [6.07, 6.45) is 1.60. The monoisotopic (exact) mass is 751 g/mol. The summed E-state index contributed by atoms with van der Waals surface area (Å²) in [5.41, 5.74) is 3.25. The molecule has 1 amide bonds. The second kappa shape index (κ2) is 14.3. The molecule has 0 aromatic heterocycles. The number of nitrogens with one attached hydrogen (secondary N) is 1. The molecule has 0 spiro atoms. The highest BCUT2D eigenvalue weighted by molar-refractivity contribution is 6.15. The normalized spacial score (nSPS) is 20.8. The number of hydrogen-bond donors (Lipinski definition) is 1. The highest BCUT2D eigenvalue weighted by Crippen LogP contribution is 2.55. The number of esters is 1. The average Bonchev–Trinajstić information content (AvgIpc) is 3.92. The molecule has 8 rings (SSSR count). The number of Topliss-reactive ketones (excluding diaryl/α,β-unsaturated/α-hetero) is 1. The van der Waals surface area contributed by atoms with Crippen LogP contribution in [0.1, 0.15) is 44.6 Å². The summed E-state index contributed by atoms with van der Waals surface area (Å²) in [5, 5.41) is 3.11. The van der Waals surface area contributed by atoms with Crippen molar-refractivity contribution in [2.24, 2.45) is 11.8 Å². The van der Waals surface area contributed by atoms with Crippen molar-refractivity contribution in [2.75, 3.05) is 55.6 Å². The number of ether oxygens (including phenoxy) is 10. The minimum atomic E-state index is -0.673. The van der Waals surface area contributed by atoms with Gasteiger partial charge in [0.1, 0.15) is 0 Å². The maximum absolute atomic E-state index is 13.7. The zero-order valence-electron chi connectivity index (χ0n) is 30.6. The Morgan fingerprint density at radius 2 is 1.49 bits per heavy atom. The van der Waals surface area contributed by atoms with Gasteiger partial charge in [-0.2, -0.15) is 0 Å². The Morgan fingerprint density at radius 1 is 0.782 bits per heavy atom. The molecule has 4 aromatic rings. The van der Waals surface area contributed by atoms with Gasteiger partial charge in [0.15, 0.2) is 58.4 Å². The third kappa shape index (κ3) is 6.12. The summed E-state index contributed by atoms with van der Waals surface area (Å²) in [6, 6.07) is 16.8. The van der Waals surface area contributed by atoms with Crippen LogP contribution in [0, 0.1) is 11.8 Å². The highest BCUT2D eigenvalue weighted by atomic mass is 16.7. The van der Waals surface area contributed by atoms with Crippen molar-refractivity contribution < 1.29 is 61.8 Å². The van der Waals surface area contributed by atoms with E-state index in [-0.39, 0.29) is 31.5 Å². The first-order valence-electron chi connectivity index (χ1n) is 17.4. The lowest BCUT2D eigenvalue weighted by Gasteiger charge is -2.39. The first-order chi connectivity index (χ1) is 26.8. The molecule has 4 atom stereocenters. The SMILES string of the molecule is COc1cc(/C=C2\Oc3c(OC)cccc3C2=O)ccc1OCC(=O)N[C@@H]1c2cc3c(cc2[C@@H](c2cc(OC)c(OC)c(OC)c2)[C@H]2C(=O)OC[C@@H]21)OCO3. The van der Waals surface area contributed by atoms with Gasteiger partial charge in [-0.1, -0.05) is 12.1 Å². The second-order valence-corrected chi connectivity index (χ2v) is 13.1. The fourth-order valence-electron chi connectivity index (χ4n) is 7.78. The molecule has 14 nitrogen and oxygen atoms in total. The summed E-state index contributed by atoms with van der Waals surface area (Å²) in [5.74, 6) is 1.17. The number of allylic oxidation sites excluding steroid dienone is 1. The van der Waals surface area contributed by atoms with Gasteiger partial charge < -0.3 is 52.7 Å². The summed E-state index contributed by atoms with van der Waals surface area (Å²) in [6.45, 7) is -0.248. The Kier molecular flexibility index (Phi) is 9.25. The van der Waals surface area contributed by atoms with E-state index in [4.69, 9.17) is 47.4 Å². The molecule has 0 bridgehead atoms. The Labute approximate surface area is 315 Å². The van der Waals surface area contributed by atoms with Crippen molar-refractivity contribution in [3.05, 3.63) is 94.2 Å². The highest BCUT2D eigenvalue weighted by Gasteiger charge is 2.53. The second-order valence-electron chi connectivity index (χ2n) is 13.1. The number of rotatable bonds is 11. The summed E-state index contributed by atoms with van der Waals surface area (Å²) in [4.78, 5) is 40.3. The first-order valence-corrected chi connectivity index (χ1v) is 17.4. The van der Waals surface area contributed by atoms with Gasteiger partial charge in [0.05, 0.1) is 59.7 Å². The van der Waals surface area contributed by atoms with Crippen molar-refractivity contribution in [3.8, 4) is 51.7 Å². The van der Waals surface area contributed by atoms with E-state index in [2.05, 4.69) is 5.32 Å². The van der Waals surface area contributed by atoms with Gasteiger partial charge in [-0.05, 0) is 76.9 Å². The Bertz CT molecular complexity index is 2220. The van der Waals surface area contributed by atoms with Gasteiger partial charge in [-0.25, -0.2) is 0 Å². The number of ketones is 1. The number of methoxy groups -OCH3 is 5. The van der Waals surface area contributed by atoms with E-state index in [1.807, 2.05) is 24.3 Å². The van der Waals surface area contributed by atoms with Crippen LogP contribution in [-0.2, 0) is 14.3 Å². The van der Waals surface area contributed by atoms with Crippen LogP contribution in [0.5, 0.6) is 51.7 Å². The van der Waals surface area contributed by atoms with E-state index in [1.54, 1.807) is 42.5 Å². The van der Waals surface area contributed by atoms with Gasteiger partial charge in [0, 0.05) is 11.8 Å². The fourth-order valence-corrected chi connectivity index (χ4v) is 7.78. The summed E-state index contributed by atoms with van der Waals surface area (Å²) < 4.78 is 56.8. The number of hydrogen-bond acceptors (Lipinski definition) is 13. The Balaban J connectivity index is 1.05. The molecule has 1 fully saturated rings. The number of amides is 1. The van der Waals surface area contributed by atoms with E-state index >= 15 is 0 Å². The molecular weight excluding hydrogens is 714 g/mol. The van der Waals surface area contributed by atoms with Gasteiger partial charge in [0.2, 0.25) is 18.3 Å². The van der Waals surface area contributed by atoms with Gasteiger partial charge in [-0.15, -0.1) is 0 Å². The molecule has 14 heteroatoms. The van der Waals surface area contributed by atoms with Crippen LogP contribution in [-0.4, -0.2) is 73.2 Å². The molecule has 0 unspecified atom stereocenters. The minimum Gasteiger partial charge on any atom is -0.493 e. The quantitative estimate of drug-likeness (QED) is 0.157. The number of cyclic esters (lactones) is 1. The van der Waals surface area contributed by atoms with Crippen LogP contribution in [0.25, 0.3) is 6.08 Å². The summed E-state index contributed by atoms with van der Waals surface area (Å²) in [7, 11) is 7.56. The largest absolute Gasteiger partial charge is 0.493 e. The maximum atomic E-state index is 13.7. The Morgan fingerprint density at radius 3 is 2.18 bits per heavy atom. The molecular formula is C41H37NO13. The van der Waals surface area contributed by atoms with Crippen LogP contribution in [0.3, 0.4) is 0 Å². The Hall–Kier alpha value is -6.57. The third-order valence-electron chi connectivity index (χ3n) is 10.3. The van der Waals surface area contributed by atoms with Crippen LogP contribution >= 0.6 is 0 Å². The predicted octanol–water partition coefficient (Wildman–Crippen LogP) is 5.25. The van der Waals surface area contributed by atoms with E-state index in [1.165, 1.54) is 35.5 Å². The lowest BCUT2D eigenvalue weighted by molar-refractivity contribution is -0.141. The number of benzene rings is 4. The van der Waals surface area contributed by atoms with E-state index in [0.29, 0.717) is 62.9 Å². The predicted molar refractivity (Wildman–Crippen MR) is 194 cm³/mol.